The zero-order valence-corrected chi connectivity index (χ0v) is 10.4. The molecule has 0 bridgehead atoms. The number of nitriles is 1. The Morgan fingerprint density at radius 2 is 2.29 bits per heavy atom. The van der Waals surface area contributed by atoms with E-state index in [0.29, 0.717) is 25.3 Å². The first-order valence-electron chi connectivity index (χ1n) is 5.68. The molecule has 0 saturated carbocycles. The molecule has 1 aromatic heterocycles. The summed E-state index contributed by atoms with van der Waals surface area (Å²) in [4.78, 5) is 17.7. The smallest absolute Gasteiger partial charge is 0.293 e. The zero-order valence-electron chi connectivity index (χ0n) is 10.4. The van der Waals surface area contributed by atoms with Gasteiger partial charge >= 0.3 is 0 Å². The zero-order chi connectivity index (χ0) is 12.8. The number of aromatic nitrogens is 3. The highest BCUT2D eigenvalue weighted by Crippen LogP contribution is 2.09. The van der Waals surface area contributed by atoms with Gasteiger partial charge in [0.25, 0.3) is 5.91 Å². The quantitative estimate of drug-likeness (QED) is 0.833. The fourth-order valence-electron chi connectivity index (χ4n) is 1.36. The van der Waals surface area contributed by atoms with Crippen molar-refractivity contribution < 1.29 is 4.79 Å². The third-order valence-electron chi connectivity index (χ3n) is 2.40. The lowest BCUT2D eigenvalue weighted by atomic mass is 10.2. The molecule has 0 aromatic carbocycles. The highest BCUT2D eigenvalue weighted by atomic mass is 16.2. The summed E-state index contributed by atoms with van der Waals surface area (Å²) in [7, 11) is 0. The van der Waals surface area contributed by atoms with Crippen molar-refractivity contribution in [3.8, 4) is 6.07 Å². The molecule has 1 aromatic rings. The van der Waals surface area contributed by atoms with E-state index in [-0.39, 0.29) is 17.6 Å². The first-order valence-corrected chi connectivity index (χ1v) is 5.68. The third-order valence-corrected chi connectivity index (χ3v) is 2.40. The van der Waals surface area contributed by atoms with Gasteiger partial charge in [-0.15, -0.1) is 5.10 Å². The molecule has 0 spiro atoms. The van der Waals surface area contributed by atoms with E-state index >= 15 is 0 Å². The number of carbonyl (C=O) groups is 1. The number of rotatable bonds is 5. The van der Waals surface area contributed by atoms with Gasteiger partial charge in [-0.3, -0.25) is 9.89 Å². The van der Waals surface area contributed by atoms with Gasteiger partial charge in [0.05, 0.1) is 12.5 Å². The SMILES string of the molecule is CCN(CCC#N)C(=O)c1n[nH]c(C(C)C)n1. The fraction of sp³-hybridized carbons (Fsp3) is 0.636. The van der Waals surface area contributed by atoms with Crippen LogP contribution >= 0.6 is 0 Å². The lowest BCUT2D eigenvalue weighted by molar-refractivity contribution is 0.0756. The molecule has 0 aliphatic rings. The van der Waals surface area contributed by atoms with Gasteiger partial charge in [-0.25, -0.2) is 4.98 Å². The van der Waals surface area contributed by atoms with E-state index in [1.54, 1.807) is 4.90 Å². The van der Waals surface area contributed by atoms with E-state index in [0.717, 1.165) is 0 Å². The largest absolute Gasteiger partial charge is 0.335 e. The van der Waals surface area contributed by atoms with Crippen LogP contribution in [0.5, 0.6) is 0 Å². The Labute approximate surface area is 101 Å². The van der Waals surface area contributed by atoms with Crippen molar-refractivity contribution in [2.75, 3.05) is 13.1 Å². The number of amides is 1. The highest BCUT2D eigenvalue weighted by molar-refractivity contribution is 5.90. The Hall–Kier alpha value is -1.90. The van der Waals surface area contributed by atoms with Gasteiger partial charge < -0.3 is 4.90 Å². The maximum atomic E-state index is 12.0. The van der Waals surface area contributed by atoms with Crippen molar-refractivity contribution in [2.45, 2.75) is 33.1 Å². The number of nitrogens with zero attached hydrogens (tertiary/aromatic N) is 4. The van der Waals surface area contributed by atoms with Crippen molar-refractivity contribution >= 4 is 5.91 Å². The molecule has 1 heterocycles. The topological polar surface area (TPSA) is 85.7 Å². The van der Waals surface area contributed by atoms with Gasteiger partial charge in [-0.2, -0.15) is 5.26 Å². The molecule has 17 heavy (non-hydrogen) atoms. The lowest BCUT2D eigenvalue weighted by Crippen LogP contribution is -2.32. The molecule has 0 fully saturated rings. The van der Waals surface area contributed by atoms with Crippen LogP contribution in [0, 0.1) is 11.3 Å². The van der Waals surface area contributed by atoms with Crippen molar-refractivity contribution in [3.63, 3.8) is 0 Å². The molecule has 1 amide bonds. The summed E-state index contributed by atoms with van der Waals surface area (Å²) >= 11 is 0. The second-order valence-electron chi connectivity index (χ2n) is 3.99. The number of H-pyrrole nitrogens is 1. The first-order chi connectivity index (χ1) is 8.10. The third kappa shape index (κ3) is 3.28. The first kappa shape index (κ1) is 13.2. The second-order valence-corrected chi connectivity index (χ2v) is 3.99. The van der Waals surface area contributed by atoms with Crippen LogP contribution in [0.3, 0.4) is 0 Å². The summed E-state index contributed by atoms with van der Waals surface area (Å²) < 4.78 is 0. The number of aromatic amines is 1. The van der Waals surface area contributed by atoms with E-state index < -0.39 is 0 Å². The van der Waals surface area contributed by atoms with E-state index in [9.17, 15) is 4.79 Å². The highest BCUT2D eigenvalue weighted by Gasteiger charge is 2.19. The molecule has 0 aliphatic carbocycles. The molecule has 92 valence electrons. The molecule has 1 N–H and O–H groups in total. The lowest BCUT2D eigenvalue weighted by Gasteiger charge is -2.17. The molecule has 0 aliphatic heterocycles. The summed E-state index contributed by atoms with van der Waals surface area (Å²) in [6.07, 6.45) is 0.320. The number of nitrogens with one attached hydrogen (secondary N) is 1. The van der Waals surface area contributed by atoms with Gasteiger partial charge in [0.2, 0.25) is 5.82 Å². The van der Waals surface area contributed by atoms with Gasteiger partial charge in [0, 0.05) is 19.0 Å². The van der Waals surface area contributed by atoms with Crippen molar-refractivity contribution in [3.05, 3.63) is 11.6 Å². The Bertz CT molecular complexity index is 418. The molecule has 6 nitrogen and oxygen atoms in total. The van der Waals surface area contributed by atoms with Gasteiger partial charge in [0.1, 0.15) is 5.82 Å². The standard InChI is InChI=1S/C11H17N5O/c1-4-16(7-5-6-12)11(17)10-13-9(8(2)3)14-15-10/h8H,4-5,7H2,1-3H3,(H,13,14,15). The average molecular weight is 235 g/mol. The Balaban J connectivity index is 2.76. The number of carbonyl (C=O) groups excluding carboxylic acids is 1. The fourth-order valence-corrected chi connectivity index (χ4v) is 1.36. The minimum atomic E-state index is -0.231. The van der Waals surface area contributed by atoms with E-state index in [1.807, 2.05) is 26.8 Å². The Morgan fingerprint density at radius 3 is 2.76 bits per heavy atom. The number of hydrogen-bond donors (Lipinski definition) is 1. The predicted molar refractivity (Wildman–Crippen MR) is 62.3 cm³/mol. The van der Waals surface area contributed by atoms with Gasteiger partial charge in [-0.05, 0) is 6.92 Å². The van der Waals surface area contributed by atoms with Crippen LogP contribution in [0.2, 0.25) is 0 Å². The van der Waals surface area contributed by atoms with Crippen LogP contribution in [-0.4, -0.2) is 39.1 Å². The van der Waals surface area contributed by atoms with Gasteiger partial charge in [0.15, 0.2) is 0 Å². The maximum Gasteiger partial charge on any atom is 0.293 e. The van der Waals surface area contributed by atoms with Crippen LogP contribution in [0.25, 0.3) is 0 Å². The van der Waals surface area contributed by atoms with Crippen molar-refractivity contribution in [1.82, 2.24) is 20.1 Å². The summed E-state index contributed by atoms with van der Waals surface area (Å²) in [5.41, 5.74) is 0. The van der Waals surface area contributed by atoms with Crippen LogP contribution in [0.4, 0.5) is 0 Å². The van der Waals surface area contributed by atoms with Crippen LogP contribution in [0.15, 0.2) is 0 Å². The summed E-state index contributed by atoms with van der Waals surface area (Å²) in [6.45, 7) is 6.78. The molecule has 0 atom stereocenters. The molecular formula is C11H17N5O. The molecule has 1 rings (SSSR count). The van der Waals surface area contributed by atoms with Crippen molar-refractivity contribution in [2.24, 2.45) is 0 Å². The summed E-state index contributed by atoms with van der Waals surface area (Å²) in [6, 6.07) is 2.02. The molecule has 0 unspecified atom stereocenters. The normalized spacial score (nSPS) is 10.3. The Morgan fingerprint density at radius 1 is 1.59 bits per heavy atom. The predicted octanol–water partition coefficient (Wildman–Crippen LogP) is 1.30. The van der Waals surface area contributed by atoms with Crippen LogP contribution in [-0.2, 0) is 0 Å². The van der Waals surface area contributed by atoms with E-state index in [1.165, 1.54) is 0 Å². The molecule has 0 radical (unpaired) electrons. The van der Waals surface area contributed by atoms with Gasteiger partial charge in [-0.1, -0.05) is 13.8 Å². The van der Waals surface area contributed by atoms with E-state index in [4.69, 9.17) is 5.26 Å². The second kappa shape index (κ2) is 5.99. The molecule has 6 heteroatoms. The average Bonchev–Trinajstić information content (AvgIpc) is 2.79. The Kier molecular flexibility index (Phi) is 4.64. The summed E-state index contributed by atoms with van der Waals surface area (Å²) in [5.74, 6) is 0.849. The summed E-state index contributed by atoms with van der Waals surface area (Å²) in [5, 5.41) is 15.2. The maximum absolute atomic E-state index is 12.0. The monoisotopic (exact) mass is 235 g/mol. The van der Waals surface area contributed by atoms with Crippen LogP contribution in [0.1, 0.15) is 49.6 Å². The van der Waals surface area contributed by atoms with Crippen molar-refractivity contribution in [1.29, 1.82) is 5.26 Å². The number of hydrogen-bond acceptors (Lipinski definition) is 4. The molecular weight excluding hydrogens is 218 g/mol. The van der Waals surface area contributed by atoms with E-state index in [2.05, 4.69) is 15.2 Å². The molecule has 0 saturated heterocycles. The van der Waals surface area contributed by atoms with Crippen LogP contribution < -0.4 is 0 Å². The minimum absolute atomic E-state index is 0.175. The minimum Gasteiger partial charge on any atom is -0.335 e.